The van der Waals surface area contributed by atoms with Crippen LogP contribution in [0.4, 0.5) is 11.4 Å². The maximum Gasteiger partial charge on any atom is 0.240 e. The molecule has 0 aliphatic carbocycles. The average molecular weight is 269 g/mol. The fraction of sp³-hybridized carbons (Fsp3) is 0.500. The molecule has 6 heteroatoms. The average Bonchev–Trinajstić information content (AvgIpc) is 2.29. The predicted octanol–water partition coefficient (Wildman–Crippen LogP) is 1.30. The van der Waals surface area contributed by atoms with Crippen molar-refractivity contribution in [1.82, 2.24) is 0 Å². The molecule has 0 bridgehead atoms. The maximum atomic E-state index is 11.7. The molecule has 1 aliphatic heterocycles. The molecule has 0 radical (unpaired) electrons. The van der Waals surface area contributed by atoms with E-state index in [2.05, 4.69) is 11.8 Å². The van der Waals surface area contributed by atoms with Crippen molar-refractivity contribution in [3.63, 3.8) is 0 Å². The van der Waals surface area contributed by atoms with Crippen molar-refractivity contribution >= 4 is 21.4 Å². The van der Waals surface area contributed by atoms with Crippen LogP contribution in [0.2, 0.25) is 0 Å². The van der Waals surface area contributed by atoms with Gasteiger partial charge in [-0.3, -0.25) is 0 Å². The van der Waals surface area contributed by atoms with Gasteiger partial charge in [0.05, 0.1) is 5.69 Å². The van der Waals surface area contributed by atoms with Gasteiger partial charge in [-0.25, -0.2) is 13.6 Å². The van der Waals surface area contributed by atoms with Gasteiger partial charge >= 0.3 is 0 Å². The van der Waals surface area contributed by atoms with Gasteiger partial charge in [-0.15, -0.1) is 0 Å². The van der Waals surface area contributed by atoms with Crippen molar-refractivity contribution in [3.05, 3.63) is 18.2 Å². The molecular formula is C12H19N3O2S. The first-order valence-corrected chi connectivity index (χ1v) is 7.63. The second-order valence-corrected chi connectivity index (χ2v) is 6.34. The van der Waals surface area contributed by atoms with Crippen molar-refractivity contribution in [3.8, 4) is 0 Å². The van der Waals surface area contributed by atoms with Crippen LogP contribution in [0.1, 0.15) is 26.2 Å². The standard InChI is InChI=1S/C12H19N3O2S/c1-9-4-2-3-7-15(9)11-6-5-10(13)8-12(11)18(14,16)17/h5-6,8-9H,2-4,7,13H2,1H3,(H2,14,16,17). The number of anilines is 2. The molecule has 1 unspecified atom stereocenters. The number of benzene rings is 1. The highest BCUT2D eigenvalue weighted by molar-refractivity contribution is 7.89. The van der Waals surface area contributed by atoms with Crippen LogP contribution in [0, 0.1) is 0 Å². The number of primary sulfonamides is 1. The molecule has 0 amide bonds. The lowest BCUT2D eigenvalue weighted by Crippen LogP contribution is -2.38. The first-order valence-electron chi connectivity index (χ1n) is 6.08. The van der Waals surface area contributed by atoms with Gasteiger partial charge in [0.1, 0.15) is 4.90 Å². The van der Waals surface area contributed by atoms with Gasteiger partial charge in [-0.2, -0.15) is 0 Å². The SMILES string of the molecule is CC1CCCCN1c1ccc(N)cc1S(N)(=O)=O. The quantitative estimate of drug-likeness (QED) is 0.792. The maximum absolute atomic E-state index is 11.7. The van der Waals surface area contributed by atoms with Crippen LogP contribution in [0.25, 0.3) is 0 Å². The van der Waals surface area contributed by atoms with Crippen molar-refractivity contribution < 1.29 is 8.42 Å². The van der Waals surface area contributed by atoms with Gasteiger partial charge in [0.25, 0.3) is 0 Å². The Hall–Kier alpha value is -1.27. The molecule has 1 atom stereocenters. The number of nitrogens with zero attached hydrogens (tertiary/aromatic N) is 1. The van der Waals surface area contributed by atoms with E-state index in [0.717, 1.165) is 19.4 Å². The summed E-state index contributed by atoms with van der Waals surface area (Å²) in [5.41, 5.74) is 6.73. The van der Waals surface area contributed by atoms with Crippen molar-refractivity contribution in [2.24, 2.45) is 5.14 Å². The molecular weight excluding hydrogens is 250 g/mol. The summed E-state index contributed by atoms with van der Waals surface area (Å²) in [6.07, 6.45) is 3.31. The van der Waals surface area contributed by atoms with Crippen molar-refractivity contribution in [1.29, 1.82) is 0 Å². The monoisotopic (exact) mass is 269 g/mol. The lowest BCUT2D eigenvalue weighted by atomic mass is 10.0. The summed E-state index contributed by atoms with van der Waals surface area (Å²) < 4.78 is 23.3. The minimum atomic E-state index is -3.75. The third-order valence-corrected chi connectivity index (χ3v) is 4.34. The summed E-state index contributed by atoms with van der Waals surface area (Å²) in [5, 5.41) is 5.27. The first kappa shape index (κ1) is 13.2. The molecule has 100 valence electrons. The Morgan fingerprint density at radius 1 is 1.33 bits per heavy atom. The Labute approximate surface area is 108 Å². The smallest absolute Gasteiger partial charge is 0.240 e. The first-order chi connectivity index (χ1) is 8.39. The Bertz CT molecular complexity index is 542. The van der Waals surface area contributed by atoms with E-state index in [1.54, 1.807) is 12.1 Å². The van der Waals surface area contributed by atoms with E-state index in [1.807, 2.05) is 0 Å². The van der Waals surface area contributed by atoms with Gasteiger partial charge in [0.15, 0.2) is 0 Å². The lowest BCUT2D eigenvalue weighted by Gasteiger charge is -2.36. The predicted molar refractivity (Wildman–Crippen MR) is 72.9 cm³/mol. The topological polar surface area (TPSA) is 89.4 Å². The molecule has 0 spiro atoms. The number of sulfonamides is 1. The van der Waals surface area contributed by atoms with Crippen LogP contribution in [0.5, 0.6) is 0 Å². The van der Waals surface area contributed by atoms with E-state index in [9.17, 15) is 8.42 Å². The number of piperidine rings is 1. The van der Waals surface area contributed by atoms with Crippen LogP contribution in [0.15, 0.2) is 23.1 Å². The van der Waals surface area contributed by atoms with Crippen molar-refractivity contribution in [2.75, 3.05) is 17.2 Å². The van der Waals surface area contributed by atoms with Crippen LogP contribution >= 0.6 is 0 Å². The Balaban J connectivity index is 2.50. The molecule has 1 heterocycles. The summed E-state index contributed by atoms with van der Waals surface area (Å²) >= 11 is 0. The van der Waals surface area contributed by atoms with Gasteiger partial charge in [-0.1, -0.05) is 0 Å². The molecule has 1 fully saturated rings. The normalized spacial score (nSPS) is 21.0. The van der Waals surface area contributed by atoms with E-state index < -0.39 is 10.0 Å². The van der Waals surface area contributed by atoms with Crippen LogP contribution < -0.4 is 15.8 Å². The third-order valence-electron chi connectivity index (χ3n) is 3.40. The molecule has 1 aromatic rings. The Kier molecular flexibility index (Phi) is 3.49. The number of hydrogen-bond donors (Lipinski definition) is 2. The minimum absolute atomic E-state index is 0.122. The molecule has 2 rings (SSSR count). The molecule has 1 aromatic carbocycles. The summed E-state index contributed by atoms with van der Waals surface area (Å²) in [6.45, 7) is 2.95. The third kappa shape index (κ3) is 2.59. The highest BCUT2D eigenvalue weighted by Crippen LogP contribution is 2.31. The second-order valence-electron chi connectivity index (χ2n) is 4.81. The Morgan fingerprint density at radius 2 is 2.06 bits per heavy atom. The van der Waals surface area contributed by atoms with Gasteiger partial charge in [0.2, 0.25) is 10.0 Å². The van der Waals surface area contributed by atoms with E-state index in [-0.39, 0.29) is 4.90 Å². The zero-order chi connectivity index (χ0) is 13.3. The molecule has 0 saturated carbocycles. The minimum Gasteiger partial charge on any atom is -0.399 e. The lowest BCUT2D eigenvalue weighted by molar-refractivity contribution is 0.482. The molecule has 5 nitrogen and oxygen atoms in total. The number of rotatable bonds is 2. The number of nitrogens with two attached hydrogens (primary N) is 2. The fourth-order valence-corrected chi connectivity index (χ4v) is 3.23. The molecule has 1 aliphatic rings. The van der Waals surface area contributed by atoms with Crippen molar-refractivity contribution in [2.45, 2.75) is 37.1 Å². The highest BCUT2D eigenvalue weighted by Gasteiger charge is 2.24. The summed E-state index contributed by atoms with van der Waals surface area (Å²) in [6, 6.07) is 5.22. The van der Waals surface area contributed by atoms with E-state index in [1.165, 1.54) is 12.5 Å². The van der Waals surface area contributed by atoms with Gasteiger partial charge in [-0.05, 0) is 44.4 Å². The van der Waals surface area contributed by atoms with Crippen LogP contribution in [-0.2, 0) is 10.0 Å². The number of hydrogen-bond acceptors (Lipinski definition) is 4. The van der Waals surface area contributed by atoms with Gasteiger partial charge < -0.3 is 10.6 Å². The molecule has 1 saturated heterocycles. The Morgan fingerprint density at radius 3 is 2.67 bits per heavy atom. The van der Waals surface area contributed by atoms with E-state index >= 15 is 0 Å². The summed E-state index contributed by atoms with van der Waals surface area (Å²) in [7, 11) is -3.75. The second kappa shape index (κ2) is 4.78. The molecule has 4 N–H and O–H groups in total. The van der Waals surface area contributed by atoms with Crippen LogP contribution in [-0.4, -0.2) is 21.0 Å². The summed E-state index contributed by atoms with van der Waals surface area (Å²) in [5.74, 6) is 0. The van der Waals surface area contributed by atoms with E-state index in [0.29, 0.717) is 17.4 Å². The molecule has 0 aromatic heterocycles. The largest absolute Gasteiger partial charge is 0.399 e. The highest BCUT2D eigenvalue weighted by atomic mass is 32.2. The zero-order valence-electron chi connectivity index (χ0n) is 10.5. The number of nitrogen functional groups attached to an aromatic ring is 1. The zero-order valence-corrected chi connectivity index (χ0v) is 11.3. The molecule has 18 heavy (non-hydrogen) atoms. The fourth-order valence-electron chi connectivity index (χ4n) is 2.45. The van der Waals surface area contributed by atoms with Gasteiger partial charge in [0, 0.05) is 18.3 Å². The van der Waals surface area contributed by atoms with E-state index in [4.69, 9.17) is 10.9 Å². The summed E-state index contributed by atoms with van der Waals surface area (Å²) in [4.78, 5) is 2.22. The van der Waals surface area contributed by atoms with Crippen LogP contribution in [0.3, 0.4) is 0 Å².